The van der Waals surface area contributed by atoms with E-state index in [1.54, 1.807) is 6.92 Å². The third kappa shape index (κ3) is 3.22. The van der Waals surface area contributed by atoms with Gasteiger partial charge >= 0.3 is 0 Å². The van der Waals surface area contributed by atoms with Gasteiger partial charge in [-0.25, -0.2) is 13.2 Å². The van der Waals surface area contributed by atoms with Crippen molar-refractivity contribution in [2.24, 2.45) is 11.7 Å². The van der Waals surface area contributed by atoms with Crippen LogP contribution in [0.25, 0.3) is 0 Å². The molecule has 1 rings (SSSR count). The maximum absolute atomic E-state index is 13.4. The van der Waals surface area contributed by atoms with Gasteiger partial charge in [-0.3, -0.25) is 4.79 Å². The van der Waals surface area contributed by atoms with Crippen molar-refractivity contribution in [2.45, 2.75) is 6.92 Å². The van der Waals surface area contributed by atoms with Crippen LogP contribution in [-0.2, 0) is 0 Å². The van der Waals surface area contributed by atoms with Gasteiger partial charge in [0.2, 0.25) is 0 Å². The normalized spacial score (nSPS) is 12.3. The number of carbonyl (C=O) groups excluding carboxylic acids is 1. The van der Waals surface area contributed by atoms with Crippen LogP contribution in [0.3, 0.4) is 0 Å². The first-order chi connectivity index (χ1) is 8.36. The number of nitrogens with zero attached hydrogens (tertiary/aromatic N) is 1. The molecular formula is C12H15F3N2O. The Hall–Kier alpha value is -1.56. The van der Waals surface area contributed by atoms with E-state index in [4.69, 9.17) is 5.73 Å². The van der Waals surface area contributed by atoms with Crippen LogP contribution in [0.15, 0.2) is 12.1 Å². The molecule has 18 heavy (non-hydrogen) atoms. The Kier molecular flexibility index (Phi) is 4.72. The molecule has 1 aromatic rings. The summed E-state index contributed by atoms with van der Waals surface area (Å²) in [5.41, 5.74) is 4.66. The lowest BCUT2D eigenvalue weighted by Gasteiger charge is -2.21. The second-order valence-corrected chi connectivity index (χ2v) is 4.27. The third-order valence-corrected chi connectivity index (χ3v) is 2.56. The Labute approximate surface area is 103 Å². The van der Waals surface area contributed by atoms with Crippen LogP contribution < -0.4 is 5.73 Å². The van der Waals surface area contributed by atoms with Crippen molar-refractivity contribution in [3.05, 3.63) is 35.1 Å². The Bertz CT molecular complexity index is 428. The second kappa shape index (κ2) is 5.86. The lowest BCUT2D eigenvalue weighted by atomic mass is 10.1. The molecule has 0 aliphatic rings. The van der Waals surface area contributed by atoms with Crippen LogP contribution in [0, 0.1) is 23.4 Å². The average molecular weight is 260 g/mol. The summed E-state index contributed by atoms with van der Waals surface area (Å²) in [5, 5.41) is 0. The van der Waals surface area contributed by atoms with E-state index in [2.05, 4.69) is 0 Å². The molecule has 1 aromatic carbocycles. The fourth-order valence-electron chi connectivity index (χ4n) is 1.56. The Morgan fingerprint density at radius 2 is 1.83 bits per heavy atom. The molecule has 1 amide bonds. The standard InChI is InChI=1S/C12H15F3N2O/c1-7(5-16)6-17(2)12(18)11-9(14)3-8(13)4-10(11)15/h3-4,7H,5-6,16H2,1-2H3. The average Bonchev–Trinajstić information content (AvgIpc) is 2.27. The summed E-state index contributed by atoms with van der Waals surface area (Å²) in [6, 6.07) is 0.965. The minimum Gasteiger partial charge on any atom is -0.341 e. The topological polar surface area (TPSA) is 46.3 Å². The molecule has 3 nitrogen and oxygen atoms in total. The molecule has 0 heterocycles. The number of hydrogen-bond donors (Lipinski definition) is 1. The van der Waals surface area contributed by atoms with Crippen molar-refractivity contribution >= 4 is 5.91 Å². The number of rotatable bonds is 4. The van der Waals surface area contributed by atoms with Gasteiger partial charge in [0.25, 0.3) is 5.91 Å². The predicted molar refractivity (Wildman–Crippen MR) is 61.5 cm³/mol. The van der Waals surface area contributed by atoms with Crippen molar-refractivity contribution < 1.29 is 18.0 Å². The van der Waals surface area contributed by atoms with Crippen molar-refractivity contribution in [1.29, 1.82) is 0 Å². The monoisotopic (exact) mass is 260 g/mol. The number of halogens is 3. The van der Waals surface area contributed by atoms with Crippen LogP contribution in [0.1, 0.15) is 17.3 Å². The fraction of sp³-hybridized carbons (Fsp3) is 0.417. The van der Waals surface area contributed by atoms with Gasteiger partial charge in [-0.15, -0.1) is 0 Å². The molecule has 0 aliphatic heterocycles. The molecule has 0 bridgehead atoms. The van der Waals surface area contributed by atoms with E-state index in [9.17, 15) is 18.0 Å². The van der Waals surface area contributed by atoms with Gasteiger partial charge < -0.3 is 10.6 Å². The molecule has 0 aliphatic carbocycles. The highest BCUT2D eigenvalue weighted by atomic mass is 19.1. The van der Waals surface area contributed by atoms with E-state index in [1.165, 1.54) is 7.05 Å². The number of nitrogens with two attached hydrogens (primary N) is 1. The lowest BCUT2D eigenvalue weighted by Crippen LogP contribution is -2.34. The van der Waals surface area contributed by atoms with Gasteiger partial charge in [-0.1, -0.05) is 6.92 Å². The van der Waals surface area contributed by atoms with Crippen LogP contribution in [0.5, 0.6) is 0 Å². The zero-order chi connectivity index (χ0) is 13.9. The number of carbonyl (C=O) groups is 1. The quantitative estimate of drug-likeness (QED) is 0.896. The predicted octanol–water partition coefficient (Wildman–Crippen LogP) is 1.77. The van der Waals surface area contributed by atoms with Gasteiger partial charge in [0, 0.05) is 25.7 Å². The summed E-state index contributed by atoms with van der Waals surface area (Å²) in [6.45, 7) is 2.43. The number of hydrogen-bond acceptors (Lipinski definition) is 2. The molecule has 0 aromatic heterocycles. The van der Waals surface area contributed by atoms with Crippen molar-refractivity contribution in [3.63, 3.8) is 0 Å². The molecule has 0 radical (unpaired) electrons. The van der Waals surface area contributed by atoms with Gasteiger partial charge in [0.1, 0.15) is 23.0 Å². The Morgan fingerprint density at radius 3 is 2.28 bits per heavy atom. The van der Waals surface area contributed by atoms with Gasteiger partial charge in [0.05, 0.1) is 0 Å². The summed E-state index contributed by atoms with van der Waals surface area (Å²) in [6.07, 6.45) is 0. The highest BCUT2D eigenvalue weighted by molar-refractivity contribution is 5.94. The maximum Gasteiger partial charge on any atom is 0.259 e. The maximum atomic E-state index is 13.4. The summed E-state index contributed by atoms with van der Waals surface area (Å²) in [4.78, 5) is 13.0. The first-order valence-electron chi connectivity index (χ1n) is 5.46. The van der Waals surface area contributed by atoms with E-state index < -0.39 is 28.9 Å². The molecular weight excluding hydrogens is 245 g/mol. The molecule has 0 spiro atoms. The van der Waals surface area contributed by atoms with Crippen LogP contribution in [0.4, 0.5) is 13.2 Å². The van der Waals surface area contributed by atoms with Crippen LogP contribution >= 0.6 is 0 Å². The largest absolute Gasteiger partial charge is 0.341 e. The number of amides is 1. The molecule has 6 heteroatoms. The zero-order valence-corrected chi connectivity index (χ0v) is 10.2. The van der Waals surface area contributed by atoms with E-state index in [-0.39, 0.29) is 12.5 Å². The van der Waals surface area contributed by atoms with Crippen molar-refractivity contribution in [1.82, 2.24) is 4.90 Å². The molecule has 0 saturated carbocycles. The van der Waals surface area contributed by atoms with Crippen LogP contribution in [0.2, 0.25) is 0 Å². The Morgan fingerprint density at radius 1 is 1.33 bits per heavy atom. The SMILES string of the molecule is CC(CN)CN(C)C(=O)c1c(F)cc(F)cc1F. The van der Waals surface area contributed by atoms with E-state index >= 15 is 0 Å². The highest BCUT2D eigenvalue weighted by Gasteiger charge is 2.22. The lowest BCUT2D eigenvalue weighted by molar-refractivity contribution is 0.0767. The summed E-state index contributed by atoms with van der Waals surface area (Å²) >= 11 is 0. The van der Waals surface area contributed by atoms with E-state index in [1.807, 2.05) is 0 Å². The minimum absolute atomic E-state index is 0.00511. The molecule has 1 atom stereocenters. The first kappa shape index (κ1) is 14.5. The van der Waals surface area contributed by atoms with E-state index in [0.29, 0.717) is 18.7 Å². The second-order valence-electron chi connectivity index (χ2n) is 4.27. The van der Waals surface area contributed by atoms with Gasteiger partial charge in [-0.05, 0) is 12.5 Å². The molecule has 100 valence electrons. The minimum atomic E-state index is -1.20. The Balaban J connectivity index is 2.97. The molecule has 0 saturated heterocycles. The van der Waals surface area contributed by atoms with E-state index in [0.717, 1.165) is 4.90 Å². The molecule has 0 fully saturated rings. The van der Waals surface area contributed by atoms with Gasteiger partial charge in [-0.2, -0.15) is 0 Å². The first-order valence-corrected chi connectivity index (χ1v) is 5.46. The number of benzene rings is 1. The van der Waals surface area contributed by atoms with Gasteiger partial charge in [0.15, 0.2) is 0 Å². The third-order valence-electron chi connectivity index (χ3n) is 2.56. The molecule has 2 N–H and O–H groups in total. The summed E-state index contributed by atoms with van der Waals surface area (Å²) in [5.74, 6) is -4.29. The zero-order valence-electron chi connectivity index (χ0n) is 10.2. The van der Waals surface area contributed by atoms with Crippen LogP contribution in [-0.4, -0.2) is 30.9 Å². The summed E-state index contributed by atoms with van der Waals surface area (Å²) in [7, 11) is 1.41. The smallest absolute Gasteiger partial charge is 0.259 e. The van der Waals surface area contributed by atoms with Crippen molar-refractivity contribution in [3.8, 4) is 0 Å². The fourth-order valence-corrected chi connectivity index (χ4v) is 1.56. The summed E-state index contributed by atoms with van der Waals surface area (Å²) < 4.78 is 39.5. The van der Waals surface area contributed by atoms with Crippen molar-refractivity contribution in [2.75, 3.05) is 20.1 Å². The highest BCUT2D eigenvalue weighted by Crippen LogP contribution is 2.16. The molecule has 1 unspecified atom stereocenters.